The molecule has 4 aromatic rings. The molecule has 0 unspecified atom stereocenters. The molecule has 1 atom stereocenters. The van der Waals surface area contributed by atoms with Crippen LogP contribution in [0.25, 0.3) is 11.0 Å². The molecule has 1 N–H and O–H groups in total. The van der Waals surface area contributed by atoms with Crippen molar-refractivity contribution >= 4 is 16.9 Å². The molecule has 0 fully saturated rings. The average molecular weight is 440 g/mol. The molecule has 1 aromatic heterocycles. The number of aromatic nitrogens is 2. The highest BCUT2D eigenvalue weighted by Crippen LogP contribution is 2.15. The number of allylic oxidation sites excluding steroid dienone is 1. The Kier molecular flexibility index (Phi) is 6.36. The minimum Gasteiger partial charge on any atom is -0.346 e. The Morgan fingerprint density at radius 2 is 1.45 bits per heavy atom. The molecule has 166 valence electrons. The van der Waals surface area contributed by atoms with E-state index in [0.717, 1.165) is 11.1 Å². The number of nitrogens with zero attached hydrogens (tertiary/aromatic N) is 2. The summed E-state index contributed by atoms with van der Waals surface area (Å²) in [4.78, 5) is 38.2. The van der Waals surface area contributed by atoms with Crippen LogP contribution in [0.4, 0.5) is 0 Å². The summed E-state index contributed by atoms with van der Waals surface area (Å²) in [5.74, 6) is -0.174. The Bertz CT molecular complexity index is 1420. The molecular weight excluding hydrogens is 414 g/mol. The Labute approximate surface area is 191 Å². The normalized spacial score (nSPS) is 11.8. The van der Waals surface area contributed by atoms with Crippen molar-refractivity contribution in [3.05, 3.63) is 129 Å². The molecule has 0 aliphatic carbocycles. The number of hydrogen-bond donors (Lipinski definition) is 1. The van der Waals surface area contributed by atoms with Crippen molar-refractivity contribution < 1.29 is 4.79 Å². The third-order valence-corrected chi connectivity index (χ3v) is 5.65. The van der Waals surface area contributed by atoms with E-state index in [9.17, 15) is 14.4 Å². The van der Waals surface area contributed by atoms with Gasteiger partial charge >= 0.3 is 11.1 Å². The second-order valence-corrected chi connectivity index (χ2v) is 7.89. The van der Waals surface area contributed by atoms with Crippen LogP contribution in [0, 0.1) is 0 Å². The smallest absolute Gasteiger partial charge is 0.317 e. The lowest BCUT2D eigenvalue weighted by atomic mass is 10.1. The lowest BCUT2D eigenvalue weighted by molar-refractivity contribution is 0.0940. The molecule has 0 radical (unpaired) electrons. The monoisotopic (exact) mass is 439 g/mol. The highest BCUT2D eigenvalue weighted by atomic mass is 16.2. The summed E-state index contributed by atoms with van der Waals surface area (Å²) in [6.07, 6.45) is 1.60. The first-order valence-electron chi connectivity index (χ1n) is 10.8. The maximum absolute atomic E-state index is 12.8. The van der Waals surface area contributed by atoms with Crippen molar-refractivity contribution in [3.63, 3.8) is 0 Å². The number of carbonyl (C=O) groups is 1. The quantitative estimate of drug-likeness (QED) is 0.351. The Morgan fingerprint density at radius 1 is 0.879 bits per heavy atom. The van der Waals surface area contributed by atoms with Gasteiger partial charge in [-0.1, -0.05) is 60.7 Å². The van der Waals surface area contributed by atoms with Gasteiger partial charge in [0.15, 0.2) is 0 Å². The van der Waals surface area contributed by atoms with Crippen LogP contribution < -0.4 is 16.4 Å². The molecule has 0 bridgehead atoms. The Morgan fingerprint density at radius 3 is 2.09 bits per heavy atom. The Hall–Kier alpha value is -4.19. The van der Waals surface area contributed by atoms with E-state index in [1.807, 2.05) is 61.5 Å². The van der Waals surface area contributed by atoms with Gasteiger partial charge in [-0.05, 0) is 42.3 Å². The fourth-order valence-electron chi connectivity index (χ4n) is 3.89. The van der Waals surface area contributed by atoms with Crippen molar-refractivity contribution in [3.8, 4) is 0 Å². The molecule has 0 spiro atoms. The van der Waals surface area contributed by atoms with Gasteiger partial charge in [0.1, 0.15) is 0 Å². The summed E-state index contributed by atoms with van der Waals surface area (Å²) >= 11 is 0. The minimum atomic E-state index is -0.589. The van der Waals surface area contributed by atoms with Crippen LogP contribution in [-0.2, 0) is 13.1 Å². The van der Waals surface area contributed by atoms with Crippen LogP contribution in [0.5, 0.6) is 0 Å². The van der Waals surface area contributed by atoms with Gasteiger partial charge in [0.25, 0.3) is 5.91 Å². The maximum atomic E-state index is 12.8. The van der Waals surface area contributed by atoms with E-state index in [0.29, 0.717) is 16.6 Å². The maximum Gasteiger partial charge on any atom is 0.317 e. The summed E-state index contributed by atoms with van der Waals surface area (Å²) in [7, 11) is 0. The molecule has 1 heterocycles. The fraction of sp³-hybridized carbons (Fsp3) is 0.148. The summed E-state index contributed by atoms with van der Waals surface area (Å²) < 4.78 is 2.91. The molecule has 6 heteroatoms. The van der Waals surface area contributed by atoms with Crippen LogP contribution in [0.1, 0.15) is 34.5 Å². The van der Waals surface area contributed by atoms with Crippen molar-refractivity contribution in [2.24, 2.45) is 0 Å². The standard InChI is InChI=1S/C27H25N3O3/c1-3-17-29-23-11-7-8-12-24(23)30(27(33)26(29)32)18-20-13-15-22(16-14-20)25(31)28-19(2)21-9-5-4-6-10-21/h3-16,19H,1,17-18H2,2H3,(H,28,31)/t19-/m1/s1. The Balaban J connectivity index is 1.59. The largest absolute Gasteiger partial charge is 0.346 e. The highest BCUT2D eigenvalue weighted by Gasteiger charge is 2.14. The molecule has 6 nitrogen and oxygen atoms in total. The van der Waals surface area contributed by atoms with Crippen LogP contribution in [0.3, 0.4) is 0 Å². The molecule has 0 saturated carbocycles. The third kappa shape index (κ3) is 4.55. The van der Waals surface area contributed by atoms with E-state index < -0.39 is 11.1 Å². The van der Waals surface area contributed by atoms with E-state index in [4.69, 9.17) is 0 Å². The molecule has 0 aliphatic heterocycles. The van der Waals surface area contributed by atoms with Crippen LogP contribution in [0.15, 0.2) is 101 Å². The van der Waals surface area contributed by atoms with Gasteiger partial charge in [-0.25, -0.2) is 0 Å². The molecule has 33 heavy (non-hydrogen) atoms. The number of nitrogens with one attached hydrogen (secondary N) is 1. The number of amides is 1. The average Bonchev–Trinajstić information content (AvgIpc) is 2.85. The second kappa shape index (κ2) is 9.53. The molecule has 0 aliphatic rings. The zero-order valence-electron chi connectivity index (χ0n) is 18.4. The number of rotatable bonds is 7. The van der Waals surface area contributed by atoms with Crippen molar-refractivity contribution in [1.82, 2.24) is 14.5 Å². The first kappa shape index (κ1) is 22.0. The van der Waals surface area contributed by atoms with Gasteiger partial charge < -0.3 is 5.32 Å². The van der Waals surface area contributed by atoms with Gasteiger partial charge in [0.05, 0.1) is 23.6 Å². The lowest BCUT2D eigenvalue weighted by Gasteiger charge is -2.15. The SMILES string of the molecule is C=CCn1c(=O)c(=O)n(Cc2ccc(C(=O)N[C@H](C)c3ccccc3)cc2)c2ccccc21. The highest BCUT2D eigenvalue weighted by molar-refractivity contribution is 5.94. The van der Waals surface area contributed by atoms with E-state index >= 15 is 0 Å². The van der Waals surface area contributed by atoms with Crippen LogP contribution in [0.2, 0.25) is 0 Å². The minimum absolute atomic E-state index is 0.120. The number of fused-ring (bicyclic) bond motifs is 1. The molecule has 0 saturated heterocycles. The molecular formula is C27H25N3O3. The van der Waals surface area contributed by atoms with E-state index in [1.165, 1.54) is 9.13 Å². The zero-order valence-corrected chi connectivity index (χ0v) is 18.4. The summed E-state index contributed by atoms with van der Waals surface area (Å²) in [5, 5.41) is 2.99. The van der Waals surface area contributed by atoms with Crippen molar-refractivity contribution in [1.29, 1.82) is 0 Å². The lowest BCUT2D eigenvalue weighted by Crippen LogP contribution is -2.41. The number of para-hydroxylation sites is 2. The van der Waals surface area contributed by atoms with Gasteiger partial charge in [0.2, 0.25) is 0 Å². The van der Waals surface area contributed by atoms with Gasteiger partial charge in [-0.15, -0.1) is 6.58 Å². The number of carbonyl (C=O) groups excluding carboxylic acids is 1. The van der Waals surface area contributed by atoms with E-state index in [1.54, 1.807) is 30.3 Å². The van der Waals surface area contributed by atoms with Gasteiger partial charge in [-0.3, -0.25) is 23.5 Å². The first-order valence-corrected chi connectivity index (χ1v) is 10.8. The summed E-state index contributed by atoms with van der Waals surface area (Å²) in [6, 6.07) is 24.0. The summed E-state index contributed by atoms with van der Waals surface area (Å²) in [6.45, 7) is 6.11. The first-order chi connectivity index (χ1) is 16.0. The van der Waals surface area contributed by atoms with Crippen molar-refractivity contribution in [2.75, 3.05) is 0 Å². The predicted molar refractivity (Wildman–Crippen MR) is 131 cm³/mol. The fourth-order valence-corrected chi connectivity index (χ4v) is 3.89. The van der Waals surface area contributed by atoms with E-state index in [-0.39, 0.29) is 25.0 Å². The molecule has 3 aromatic carbocycles. The second-order valence-electron chi connectivity index (χ2n) is 7.89. The van der Waals surface area contributed by atoms with Crippen LogP contribution in [-0.4, -0.2) is 15.0 Å². The number of hydrogen-bond acceptors (Lipinski definition) is 3. The van der Waals surface area contributed by atoms with Gasteiger partial charge in [0, 0.05) is 12.1 Å². The van der Waals surface area contributed by atoms with E-state index in [2.05, 4.69) is 11.9 Å². The predicted octanol–water partition coefficient (Wildman–Crippen LogP) is 3.89. The zero-order chi connectivity index (χ0) is 23.4. The topological polar surface area (TPSA) is 73.1 Å². The van der Waals surface area contributed by atoms with Crippen LogP contribution >= 0.6 is 0 Å². The van der Waals surface area contributed by atoms with Gasteiger partial charge in [-0.2, -0.15) is 0 Å². The third-order valence-electron chi connectivity index (χ3n) is 5.65. The molecule has 4 rings (SSSR count). The number of benzene rings is 3. The summed E-state index contributed by atoms with van der Waals surface area (Å²) in [5.41, 5.74) is 2.54. The van der Waals surface area contributed by atoms with Crippen molar-refractivity contribution in [2.45, 2.75) is 26.1 Å². The molecule has 1 amide bonds.